The van der Waals surface area contributed by atoms with E-state index >= 15 is 0 Å². The highest BCUT2D eigenvalue weighted by Gasteiger charge is 2.17. The van der Waals surface area contributed by atoms with Gasteiger partial charge in [0.05, 0.1) is 5.75 Å². The standard InChI is InChI=1S/C21H32N4O2S/c1-6-17-9-11-18(12-10-17)27-14-19-22-23-21(25(19)13-16(4)5)28-15-20(26)24(7-2)8-3/h9-12,16H,6-8,13-15H2,1-5H3. The molecule has 0 saturated heterocycles. The molecule has 1 heterocycles. The van der Waals surface area contributed by atoms with Crippen LogP contribution in [0.2, 0.25) is 0 Å². The lowest BCUT2D eigenvalue weighted by Gasteiger charge is -2.18. The van der Waals surface area contributed by atoms with Crippen LogP contribution in [0.1, 0.15) is 46.0 Å². The Morgan fingerprint density at radius 1 is 1.14 bits per heavy atom. The van der Waals surface area contributed by atoms with Gasteiger partial charge in [0.2, 0.25) is 5.91 Å². The number of carbonyl (C=O) groups excluding carboxylic acids is 1. The number of aromatic nitrogens is 3. The second-order valence-corrected chi connectivity index (χ2v) is 7.99. The summed E-state index contributed by atoms with van der Waals surface area (Å²) in [5, 5.41) is 9.41. The molecule has 0 N–H and O–H groups in total. The fraction of sp³-hybridized carbons (Fsp3) is 0.571. The van der Waals surface area contributed by atoms with Crippen LogP contribution in [0.5, 0.6) is 5.75 Å². The maximum absolute atomic E-state index is 12.3. The normalized spacial score (nSPS) is 11.1. The van der Waals surface area contributed by atoms with Crippen molar-refractivity contribution in [3.63, 3.8) is 0 Å². The largest absolute Gasteiger partial charge is 0.486 e. The van der Waals surface area contributed by atoms with Crippen molar-refractivity contribution in [1.29, 1.82) is 0 Å². The predicted octanol–water partition coefficient (Wildman–Crippen LogP) is 4.04. The molecule has 2 rings (SSSR count). The molecule has 1 aromatic heterocycles. The van der Waals surface area contributed by atoms with Crippen molar-refractivity contribution in [3.05, 3.63) is 35.7 Å². The number of rotatable bonds is 11. The van der Waals surface area contributed by atoms with Crippen LogP contribution in [0.3, 0.4) is 0 Å². The summed E-state index contributed by atoms with van der Waals surface area (Å²) < 4.78 is 7.99. The molecule has 1 aromatic carbocycles. The Balaban J connectivity index is 2.06. The number of nitrogens with zero attached hydrogens (tertiary/aromatic N) is 4. The van der Waals surface area contributed by atoms with Gasteiger partial charge >= 0.3 is 0 Å². The molecule has 0 radical (unpaired) electrons. The molecule has 0 aliphatic rings. The molecule has 1 amide bonds. The van der Waals surface area contributed by atoms with E-state index < -0.39 is 0 Å². The summed E-state index contributed by atoms with van der Waals surface area (Å²) in [6.45, 7) is 13.0. The van der Waals surface area contributed by atoms with E-state index in [1.165, 1.54) is 17.3 Å². The van der Waals surface area contributed by atoms with E-state index in [0.717, 1.165) is 42.8 Å². The molecule has 2 aromatic rings. The van der Waals surface area contributed by atoms with Crippen molar-refractivity contribution < 1.29 is 9.53 Å². The highest BCUT2D eigenvalue weighted by molar-refractivity contribution is 7.99. The van der Waals surface area contributed by atoms with Crippen LogP contribution in [0.15, 0.2) is 29.4 Å². The summed E-state index contributed by atoms with van der Waals surface area (Å²) in [4.78, 5) is 14.1. The van der Waals surface area contributed by atoms with E-state index in [0.29, 0.717) is 18.3 Å². The van der Waals surface area contributed by atoms with Gasteiger partial charge < -0.3 is 14.2 Å². The first-order valence-corrected chi connectivity index (χ1v) is 11.0. The van der Waals surface area contributed by atoms with Gasteiger partial charge in [0.1, 0.15) is 12.4 Å². The van der Waals surface area contributed by atoms with Gasteiger partial charge in [-0.15, -0.1) is 10.2 Å². The SMILES string of the molecule is CCc1ccc(OCc2nnc(SCC(=O)N(CC)CC)n2CC(C)C)cc1. The van der Waals surface area contributed by atoms with Crippen molar-refractivity contribution in [2.75, 3.05) is 18.8 Å². The van der Waals surface area contributed by atoms with Crippen LogP contribution in [0.25, 0.3) is 0 Å². The molecule has 0 aliphatic carbocycles. The lowest BCUT2D eigenvalue weighted by atomic mass is 10.2. The van der Waals surface area contributed by atoms with Crippen LogP contribution in [-0.4, -0.2) is 44.4 Å². The summed E-state index contributed by atoms with van der Waals surface area (Å²) in [6, 6.07) is 8.13. The number of benzene rings is 1. The summed E-state index contributed by atoms with van der Waals surface area (Å²) in [5.74, 6) is 2.55. The minimum absolute atomic E-state index is 0.128. The average Bonchev–Trinajstić information content (AvgIpc) is 3.07. The molecule has 154 valence electrons. The van der Waals surface area contributed by atoms with E-state index in [-0.39, 0.29) is 5.91 Å². The van der Waals surface area contributed by atoms with Crippen molar-refractivity contribution in [1.82, 2.24) is 19.7 Å². The van der Waals surface area contributed by atoms with E-state index in [9.17, 15) is 4.79 Å². The summed E-state index contributed by atoms with van der Waals surface area (Å²) >= 11 is 1.45. The smallest absolute Gasteiger partial charge is 0.233 e. The summed E-state index contributed by atoms with van der Waals surface area (Å²) in [7, 11) is 0. The van der Waals surface area contributed by atoms with Crippen molar-refractivity contribution in [2.45, 2.75) is 59.3 Å². The van der Waals surface area contributed by atoms with Crippen LogP contribution >= 0.6 is 11.8 Å². The Hall–Kier alpha value is -2.02. The van der Waals surface area contributed by atoms with Gasteiger partial charge in [0.25, 0.3) is 0 Å². The van der Waals surface area contributed by atoms with Crippen LogP contribution in [0.4, 0.5) is 0 Å². The first-order valence-electron chi connectivity index (χ1n) is 10.0. The van der Waals surface area contributed by atoms with Gasteiger partial charge in [-0.3, -0.25) is 4.79 Å². The summed E-state index contributed by atoms with van der Waals surface area (Å²) in [5.41, 5.74) is 1.28. The average molecular weight is 405 g/mol. The number of hydrogen-bond acceptors (Lipinski definition) is 5. The maximum Gasteiger partial charge on any atom is 0.233 e. The molecule has 0 atom stereocenters. The Morgan fingerprint density at radius 3 is 2.39 bits per heavy atom. The van der Waals surface area contributed by atoms with E-state index in [1.54, 1.807) is 0 Å². The topological polar surface area (TPSA) is 60.3 Å². The molecule has 0 spiro atoms. The highest BCUT2D eigenvalue weighted by Crippen LogP contribution is 2.21. The second kappa shape index (κ2) is 11.1. The molecular weight excluding hydrogens is 372 g/mol. The van der Waals surface area contributed by atoms with Gasteiger partial charge in [-0.25, -0.2) is 0 Å². The van der Waals surface area contributed by atoms with E-state index in [2.05, 4.69) is 47.7 Å². The maximum atomic E-state index is 12.3. The van der Waals surface area contributed by atoms with Crippen LogP contribution in [0, 0.1) is 5.92 Å². The van der Waals surface area contributed by atoms with E-state index in [4.69, 9.17) is 4.74 Å². The molecule has 6 nitrogen and oxygen atoms in total. The van der Waals surface area contributed by atoms with Gasteiger partial charge in [0, 0.05) is 19.6 Å². The fourth-order valence-electron chi connectivity index (χ4n) is 2.84. The lowest BCUT2D eigenvalue weighted by Crippen LogP contribution is -2.32. The highest BCUT2D eigenvalue weighted by atomic mass is 32.2. The van der Waals surface area contributed by atoms with Crippen LogP contribution < -0.4 is 4.74 Å². The third-order valence-electron chi connectivity index (χ3n) is 4.48. The number of thioether (sulfide) groups is 1. The molecule has 0 saturated carbocycles. The Kier molecular flexibility index (Phi) is 8.83. The molecule has 0 aliphatic heterocycles. The number of ether oxygens (including phenoxy) is 1. The number of hydrogen-bond donors (Lipinski definition) is 0. The molecular formula is C21H32N4O2S. The zero-order valence-electron chi connectivity index (χ0n) is 17.6. The van der Waals surface area contributed by atoms with Crippen LogP contribution in [-0.2, 0) is 24.4 Å². The quantitative estimate of drug-likeness (QED) is 0.529. The second-order valence-electron chi connectivity index (χ2n) is 7.04. The Labute approximate surface area is 172 Å². The number of amides is 1. The minimum atomic E-state index is 0.128. The van der Waals surface area contributed by atoms with Gasteiger partial charge in [-0.1, -0.05) is 44.7 Å². The molecule has 7 heteroatoms. The van der Waals surface area contributed by atoms with E-state index in [1.807, 2.05) is 30.9 Å². The third-order valence-corrected chi connectivity index (χ3v) is 5.43. The number of aryl methyl sites for hydroxylation is 1. The van der Waals surface area contributed by atoms with Gasteiger partial charge in [-0.2, -0.15) is 0 Å². The van der Waals surface area contributed by atoms with Crippen molar-refractivity contribution in [3.8, 4) is 5.75 Å². The minimum Gasteiger partial charge on any atom is -0.486 e. The Morgan fingerprint density at radius 2 is 1.82 bits per heavy atom. The first kappa shape index (κ1) is 22.3. The molecule has 0 fully saturated rings. The zero-order chi connectivity index (χ0) is 20.5. The van der Waals surface area contributed by atoms with Gasteiger partial charge in [-0.05, 0) is 43.9 Å². The van der Waals surface area contributed by atoms with Gasteiger partial charge in [0.15, 0.2) is 11.0 Å². The molecule has 0 unspecified atom stereocenters. The summed E-state index contributed by atoms with van der Waals surface area (Å²) in [6.07, 6.45) is 1.01. The zero-order valence-corrected chi connectivity index (χ0v) is 18.5. The monoisotopic (exact) mass is 404 g/mol. The first-order chi connectivity index (χ1) is 13.5. The third kappa shape index (κ3) is 6.26. The van der Waals surface area contributed by atoms with Crippen molar-refractivity contribution >= 4 is 17.7 Å². The molecule has 28 heavy (non-hydrogen) atoms. The number of carbonyl (C=O) groups is 1. The fourth-order valence-corrected chi connectivity index (χ4v) is 3.71. The lowest BCUT2D eigenvalue weighted by molar-refractivity contribution is -0.127. The van der Waals surface area contributed by atoms with Crippen molar-refractivity contribution in [2.24, 2.45) is 5.92 Å². The molecule has 0 bridgehead atoms. The Bertz CT molecular complexity index is 739. The predicted molar refractivity (Wildman–Crippen MR) is 114 cm³/mol.